The fourth-order valence-corrected chi connectivity index (χ4v) is 5.34. The van der Waals surface area contributed by atoms with Gasteiger partial charge in [-0.2, -0.15) is 11.8 Å². The smallest absolute Gasteiger partial charge is 0.242 e. The van der Waals surface area contributed by atoms with Crippen molar-refractivity contribution in [1.82, 2.24) is 4.72 Å². The van der Waals surface area contributed by atoms with Gasteiger partial charge in [0.1, 0.15) is 4.90 Å². The van der Waals surface area contributed by atoms with E-state index in [-0.39, 0.29) is 21.2 Å². The highest BCUT2D eigenvalue weighted by atomic mass is 35.5. The second-order valence-electron chi connectivity index (χ2n) is 5.39. The first-order valence-electron chi connectivity index (χ1n) is 6.96. The Morgan fingerprint density at radius 1 is 1.38 bits per heavy atom. The maximum absolute atomic E-state index is 12.5. The second kappa shape index (κ2) is 6.87. The van der Waals surface area contributed by atoms with Crippen LogP contribution in [0.2, 0.25) is 5.02 Å². The molecular weight excluding hydrogens is 328 g/mol. The summed E-state index contributed by atoms with van der Waals surface area (Å²) in [7, 11) is -3.61. The van der Waals surface area contributed by atoms with E-state index in [4.69, 9.17) is 17.3 Å². The highest BCUT2D eigenvalue weighted by Crippen LogP contribution is 2.40. The molecule has 0 radical (unpaired) electrons. The summed E-state index contributed by atoms with van der Waals surface area (Å²) < 4.78 is 27.7. The maximum atomic E-state index is 12.5. The lowest BCUT2D eigenvalue weighted by Gasteiger charge is -2.27. The van der Waals surface area contributed by atoms with Crippen LogP contribution in [0.5, 0.6) is 0 Å². The summed E-state index contributed by atoms with van der Waals surface area (Å²) in [6.07, 6.45) is 6.46. The van der Waals surface area contributed by atoms with Crippen LogP contribution < -0.4 is 10.5 Å². The van der Waals surface area contributed by atoms with Crippen LogP contribution in [-0.4, -0.2) is 26.0 Å². The summed E-state index contributed by atoms with van der Waals surface area (Å²) in [5.74, 6) is 0. The predicted octanol–water partition coefficient (Wildman–Crippen LogP) is 2.75. The Morgan fingerprint density at radius 3 is 2.62 bits per heavy atom. The second-order valence-corrected chi connectivity index (χ2v) is 8.80. The van der Waals surface area contributed by atoms with E-state index in [0.717, 1.165) is 31.2 Å². The molecule has 0 saturated heterocycles. The molecule has 0 aliphatic heterocycles. The van der Waals surface area contributed by atoms with E-state index in [2.05, 4.69) is 4.72 Å². The lowest BCUT2D eigenvalue weighted by Crippen LogP contribution is -2.38. The van der Waals surface area contributed by atoms with Gasteiger partial charge in [-0.1, -0.05) is 30.5 Å². The summed E-state index contributed by atoms with van der Waals surface area (Å²) in [4.78, 5) is 0.112. The van der Waals surface area contributed by atoms with Crippen molar-refractivity contribution < 1.29 is 8.42 Å². The van der Waals surface area contributed by atoms with Crippen molar-refractivity contribution in [2.45, 2.75) is 41.9 Å². The van der Waals surface area contributed by atoms with Crippen molar-refractivity contribution in [1.29, 1.82) is 0 Å². The van der Waals surface area contributed by atoms with Crippen molar-refractivity contribution >= 4 is 33.4 Å². The molecule has 1 fully saturated rings. The number of rotatable bonds is 6. The third kappa shape index (κ3) is 3.93. The third-order valence-electron chi connectivity index (χ3n) is 4.05. The van der Waals surface area contributed by atoms with Crippen LogP contribution in [0.1, 0.15) is 31.2 Å². The first-order valence-corrected chi connectivity index (χ1v) is 10.0. The molecule has 4 nitrogen and oxygen atoms in total. The van der Waals surface area contributed by atoms with Crippen molar-refractivity contribution in [2.75, 3.05) is 12.8 Å². The summed E-state index contributed by atoms with van der Waals surface area (Å²) in [6.45, 7) is 0.730. The standard InChI is InChI=1S/C14H21ClN2O2S2/c1-20-14(6-2-3-7-14)10-17-21(18,19)13-8-11(9-16)4-5-12(13)15/h4-5,8,17H,2-3,6-7,9-10,16H2,1H3. The molecule has 0 unspecified atom stereocenters. The van der Waals surface area contributed by atoms with E-state index in [1.165, 1.54) is 0 Å². The maximum Gasteiger partial charge on any atom is 0.242 e. The van der Waals surface area contributed by atoms with Crippen molar-refractivity contribution in [2.24, 2.45) is 5.73 Å². The van der Waals surface area contributed by atoms with Crippen LogP contribution in [0.4, 0.5) is 0 Å². The Labute approximate surface area is 135 Å². The fourth-order valence-electron chi connectivity index (χ4n) is 2.66. The number of halogens is 1. The molecule has 1 aromatic rings. The Balaban J connectivity index is 2.18. The molecule has 1 saturated carbocycles. The van der Waals surface area contributed by atoms with Gasteiger partial charge in [0, 0.05) is 17.8 Å². The molecule has 0 bridgehead atoms. The van der Waals surface area contributed by atoms with E-state index in [0.29, 0.717) is 6.54 Å². The first kappa shape index (κ1) is 17.1. The van der Waals surface area contributed by atoms with Crippen LogP contribution in [0.15, 0.2) is 23.1 Å². The molecule has 2 rings (SSSR count). The number of hydrogen-bond donors (Lipinski definition) is 2. The van der Waals surface area contributed by atoms with Gasteiger partial charge in [0.05, 0.1) is 5.02 Å². The molecule has 0 spiro atoms. The topological polar surface area (TPSA) is 72.2 Å². The minimum Gasteiger partial charge on any atom is -0.326 e. The van der Waals surface area contributed by atoms with Gasteiger partial charge in [-0.05, 0) is 36.8 Å². The van der Waals surface area contributed by atoms with Crippen LogP contribution in [0.3, 0.4) is 0 Å². The van der Waals surface area contributed by atoms with E-state index in [1.54, 1.807) is 30.0 Å². The quantitative estimate of drug-likeness (QED) is 0.829. The number of sulfonamides is 1. The van der Waals surface area contributed by atoms with E-state index in [9.17, 15) is 8.42 Å². The van der Waals surface area contributed by atoms with Crippen LogP contribution in [0, 0.1) is 0 Å². The lowest BCUT2D eigenvalue weighted by atomic mass is 10.1. The highest BCUT2D eigenvalue weighted by Gasteiger charge is 2.34. The van der Waals surface area contributed by atoms with Gasteiger partial charge in [0.15, 0.2) is 0 Å². The van der Waals surface area contributed by atoms with Crippen molar-refractivity contribution in [3.63, 3.8) is 0 Å². The van der Waals surface area contributed by atoms with Crippen LogP contribution in [0.25, 0.3) is 0 Å². The number of hydrogen-bond acceptors (Lipinski definition) is 4. The summed E-state index contributed by atoms with van der Waals surface area (Å²) in [5.41, 5.74) is 6.32. The average molecular weight is 349 g/mol. The zero-order chi connectivity index (χ0) is 15.5. The molecule has 1 aliphatic carbocycles. The molecule has 0 heterocycles. The summed E-state index contributed by atoms with van der Waals surface area (Å²) >= 11 is 7.78. The first-order chi connectivity index (χ1) is 9.92. The monoisotopic (exact) mass is 348 g/mol. The van der Waals surface area contributed by atoms with Crippen molar-refractivity contribution in [3.05, 3.63) is 28.8 Å². The molecule has 21 heavy (non-hydrogen) atoms. The van der Waals surface area contributed by atoms with Gasteiger partial charge >= 0.3 is 0 Å². The SMILES string of the molecule is CSC1(CNS(=O)(=O)c2cc(CN)ccc2Cl)CCCC1. The third-order valence-corrected chi connectivity index (χ3v) is 7.35. The van der Waals surface area contributed by atoms with Gasteiger partial charge in [0.25, 0.3) is 0 Å². The van der Waals surface area contributed by atoms with Crippen molar-refractivity contribution in [3.8, 4) is 0 Å². The van der Waals surface area contributed by atoms with Gasteiger partial charge < -0.3 is 5.73 Å². The minimum absolute atomic E-state index is 0.0189. The average Bonchev–Trinajstić information content (AvgIpc) is 2.95. The van der Waals surface area contributed by atoms with Gasteiger partial charge in [-0.25, -0.2) is 13.1 Å². The number of nitrogens with one attached hydrogen (secondary N) is 1. The Kier molecular flexibility index (Phi) is 5.59. The van der Waals surface area contributed by atoms with Crippen LogP contribution in [-0.2, 0) is 16.6 Å². The zero-order valence-corrected chi connectivity index (χ0v) is 14.5. The highest BCUT2D eigenvalue weighted by molar-refractivity contribution is 8.00. The Bertz CT molecular complexity index is 599. The number of nitrogens with two attached hydrogens (primary N) is 1. The molecule has 1 aromatic carbocycles. The van der Waals surface area contributed by atoms with Crippen LogP contribution >= 0.6 is 23.4 Å². The van der Waals surface area contributed by atoms with Gasteiger partial charge in [-0.15, -0.1) is 0 Å². The minimum atomic E-state index is -3.61. The lowest BCUT2D eigenvalue weighted by molar-refractivity contribution is 0.551. The molecule has 0 amide bonds. The molecule has 7 heteroatoms. The Morgan fingerprint density at radius 2 is 2.05 bits per heavy atom. The van der Waals surface area contributed by atoms with E-state index in [1.807, 2.05) is 6.26 Å². The normalized spacial score (nSPS) is 18.0. The predicted molar refractivity (Wildman–Crippen MR) is 89.2 cm³/mol. The molecule has 0 aromatic heterocycles. The molecule has 1 aliphatic rings. The molecule has 3 N–H and O–H groups in total. The van der Waals surface area contributed by atoms with E-state index >= 15 is 0 Å². The summed E-state index contributed by atoms with van der Waals surface area (Å²) in [6, 6.07) is 4.87. The number of thioether (sulfide) groups is 1. The molecular formula is C14H21ClN2O2S2. The summed E-state index contributed by atoms with van der Waals surface area (Å²) in [5, 5.41) is 0.226. The van der Waals surface area contributed by atoms with Gasteiger partial charge in [-0.3, -0.25) is 0 Å². The van der Waals surface area contributed by atoms with E-state index < -0.39 is 10.0 Å². The molecule has 0 atom stereocenters. The number of benzene rings is 1. The largest absolute Gasteiger partial charge is 0.326 e. The van der Waals surface area contributed by atoms with Gasteiger partial charge in [0.2, 0.25) is 10.0 Å². The zero-order valence-electron chi connectivity index (χ0n) is 12.1. The fraction of sp³-hybridized carbons (Fsp3) is 0.571. The Hall–Kier alpha value is -0.270. The molecule has 118 valence electrons.